The van der Waals surface area contributed by atoms with Crippen LogP contribution >= 0.6 is 0 Å². The highest BCUT2D eigenvalue weighted by Gasteiger charge is 2.55. The van der Waals surface area contributed by atoms with E-state index >= 15 is 0 Å². The minimum absolute atomic E-state index is 0.263. The molecular formula is C22H12F2N6. The van der Waals surface area contributed by atoms with Gasteiger partial charge in [0.2, 0.25) is 0 Å². The van der Waals surface area contributed by atoms with E-state index in [-0.39, 0.29) is 11.1 Å². The zero-order chi connectivity index (χ0) is 22.0. The van der Waals surface area contributed by atoms with Crippen LogP contribution in [-0.4, -0.2) is 0 Å². The Labute approximate surface area is 171 Å². The molecule has 0 bridgehead atoms. The largest absolute Gasteiger partial charge is 0.206 e. The van der Waals surface area contributed by atoms with Crippen LogP contribution in [0.25, 0.3) is 0 Å². The fourth-order valence-corrected chi connectivity index (χ4v) is 4.96. The molecule has 4 unspecified atom stereocenters. The molecule has 0 spiro atoms. The van der Waals surface area contributed by atoms with Gasteiger partial charge in [-0.15, -0.1) is 0 Å². The van der Waals surface area contributed by atoms with Crippen molar-refractivity contribution in [1.82, 2.24) is 0 Å². The summed E-state index contributed by atoms with van der Waals surface area (Å²) in [5, 5.41) is 56.6. The van der Waals surface area contributed by atoms with E-state index in [0.29, 0.717) is 0 Å². The molecule has 1 fully saturated rings. The summed E-state index contributed by atoms with van der Waals surface area (Å²) in [6.45, 7) is 0. The van der Waals surface area contributed by atoms with E-state index in [4.69, 9.17) is 0 Å². The van der Waals surface area contributed by atoms with Crippen LogP contribution in [0, 0.1) is 115 Å². The molecule has 4 atom stereocenters. The molecule has 0 N–H and O–H groups in total. The Bertz CT molecular complexity index is 1060. The van der Waals surface area contributed by atoms with E-state index in [1.165, 1.54) is 12.2 Å². The lowest BCUT2D eigenvalue weighted by Gasteiger charge is -2.51. The number of allylic oxidation sites excluding steroid dienone is 8. The molecule has 0 radical (unpaired) electrons. The smallest absolute Gasteiger partial charge is 0.137 e. The molecule has 3 rings (SSSR count). The van der Waals surface area contributed by atoms with Crippen LogP contribution in [0.4, 0.5) is 8.78 Å². The minimum Gasteiger partial charge on any atom is -0.206 e. The van der Waals surface area contributed by atoms with E-state index in [9.17, 15) is 40.4 Å². The van der Waals surface area contributed by atoms with E-state index in [0.717, 1.165) is 12.2 Å². The Morgan fingerprint density at radius 1 is 0.567 bits per heavy atom. The van der Waals surface area contributed by atoms with Gasteiger partial charge < -0.3 is 0 Å². The third-order valence-electron chi connectivity index (χ3n) is 6.14. The topological polar surface area (TPSA) is 143 Å². The van der Waals surface area contributed by atoms with Crippen LogP contribution in [-0.2, 0) is 0 Å². The average Bonchev–Trinajstić information content (AvgIpc) is 2.75. The predicted octanol–water partition coefficient (Wildman–Crippen LogP) is 3.66. The van der Waals surface area contributed by atoms with Crippen LogP contribution in [0.3, 0.4) is 0 Å². The minimum atomic E-state index is -1.23. The normalized spacial score (nSPS) is 31.5. The van der Waals surface area contributed by atoms with Crippen molar-refractivity contribution in [2.75, 3.05) is 0 Å². The second kappa shape index (κ2) is 8.02. The molecule has 0 aromatic carbocycles. The highest BCUT2D eigenvalue weighted by atomic mass is 19.1. The van der Waals surface area contributed by atoms with Crippen LogP contribution in [0.15, 0.2) is 47.1 Å². The van der Waals surface area contributed by atoms with Crippen molar-refractivity contribution >= 4 is 0 Å². The van der Waals surface area contributed by atoms with Gasteiger partial charge in [-0.05, 0) is 35.8 Å². The van der Waals surface area contributed by atoms with Gasteiger partial charge in [-0.3, -0.25) is 0 Å². The first-order chi connectivity index (χ1) is 14.4. The number of halogens is 2. The molecule has 0 aromatic rings. The first-order valence-electron chi connectivity index (χ1n) is 9.03. The lowest BCUT2D eigenvalue weighted by Crippen LogP contribution is -2.50. The summed E-state index contributed by atoms with van der Waals surface area (Å²) in [5.74, 6) is -8.75. The van der Waals surface area contributed by atoms with Crippen LogP contribution in [0.1, 0.15) is 0 Å². The number of nitriles is 6. The zero-order valence-corrected chi connectivity index (χ0v) is 15.4. The van der Waals surface area contributed by atoms with E-state index in [1.807, 2.05) is 24.3 Å². The number of rotatable bonds is 2. The van der Waals surface area contributed by atoms with Crippen LogP contribution in [0.2, 0.25) is 0 Å². The molecule has 1 saturated carbocycles. The summed E-state index contributed by atoms with van der Waals surface area (Å²) >= 11 is 0. The van der Waals surface area contributed by atoms with Crippen molar-refractivity contribution in [3.8, 4) is 36.4 Å². The van der Waals surface area contributed by atoms with Crippen molar-refractivity contribution < 1.29 is 8.78 Å². The molecule has 6 nitrogen and oxygen atoms in total. The van der Waals surface area contributed by atoms with Crippen molar-refractivity contribution in [2.24, 2.45) is 47.3 Å². The van der Waals surface area contributed by atoms with E-state index < -0.39 is 59.0 Å². The third-order valence-corrected chi connectivity index (χ3v) is 6.14. The summed E-state index contributed by atoms with van der Waals surface area (Å²) in [6, 6.07) is 11.0. The lowest BCUT2D eigenvalue weighted by atomic mass is 9.50. The molecule has 30 heavy (non-hydrogen) atoms. The highest BCUT2D eigenvalue weighted by Crippen LogP contribution is 2.57. The van der Waals surface area contributed by atoms with Gasteiger partial charge in [0.05, 0.1) is 35.4 Å². The fourth-order valence-electron chi connectivity index (χ4n) is 4.96. The number of hydrogen-bond donors (Lipinski definition) is 0. The third kappa shape index (κ3) is 3.03. The van der Waals surface area contributed by atoms with Gasteiger partial charge in [0.15, 0.2) is 0 Å². The molecule has 0 amide bonds. The van der Waals surface area contributed by atoms with E-state index in [2.05, 4.69) is 0 Å². The molecule has 0 aromatic heterocycles. The highest BCUT2D eigenvalue weighted by molar-refractivity contribution is 5.47. The maximum atomic E-state index is 14.5. The monoisotopic (exact) mass is 398 g/mol. The quantitative estimate of drug-likeness (QED) is 0.694. The standard InChI is InChI=1S/C22H12F2N6/c23-19-3-17-15(1-11(19)5-25)21(13(7-27)8-28)16-2-12(6-26)20(24)4-18(16)22(17)14(9-29)10-30/h1-4,13-18,21-22H. The van der Waals surface area contributed by atoms with Gasteiger partial charge >= 0.3 is 0 Å². The van der Waals surface area contributed by atoms with Gasteiger partial charge in [0.25, 0.3) is 0 Å². The maximum Gasteiger partial charge on any atom is 0.137 e. The van der Waals surface area contributed by atoms with Crippen LogP contribution in [0.5, 0.6) is 0 Å². The Morgan fingerprint density at radius 2 is 0.867 bits per heavy atom. The Balaban J connectivity index is 2.29. The van der Waals surface area contributed by atoms with Gasteiger partial charge in [0.1, 0.15) is 35.6 Å². The summed E-state index contributed by atoms with van der Waals surface area (Å²) < 4.78 is 29.0. The molecule has 3 aliphatic carbocycles. The summed E-state index contributed by atoms with van der Waals surface area (Å²) in [6.07, 6.45) is 4.94. The molecular weight excluding hydrogens is 386 g/mol. The predicted molar refractivity (Wildman–Crippen MR) is 96.1 cm³/mol. The zero-order valence-electron chi connectivity index (χ0n) is 15.4. The maximum absolute atomic E-state index is 14.5. The second-order valence-electron chi connectivity index (χ2n) is 7.35. The molecule has 0 aliphatic heterocycles. The van der Waals surface area contributed by atoms with Gasteiger partial charge in [-0.25, -0.2) is 8.78 Å². The average molecular weight is 398 g/mol. The molecule has 144 valence electrons. The Morgan fingerprint density at radius 3 is 1.13 bits per heavy atom. The van der Waals surface area contributed by atoms with Crippen LogP contribution < -0.4 is 0 Å². The first-order valence-corrected chi connectivity index (χ1v) is 9.03. The summed E-state index contributed by atoms with van der Waals surface area (Å²) in [7, 11) is 0. The first kappa shape index (κ1) is 20.5. The SMILES string of the molecule is N#CC1=CC2C(C=C1F)C(C(C#N)C#N)C1C=C(F)C(C#N)=CC1C2C(C#N)C#N. The Kier molecular flexibility index (Phi) is 5.48. The second-order valence-corrected chi connectivity index (χ2v) is 7.35. The van der Waals surface area contributed by atoms with E-state index in [1.54, 1.807) is 12.1 Å². The van der Waals surface area contributed by atoms with Crippen molar-refractivity contribution in [3.05, 3.63) is 47.1 Å². The molecule has 3 aliphatic rings. The number of hydrogen-bond acceptors (Lipinski definition) is 6. The fraction of sp³-hybridized carbons (Fsp3) is 0.364. The van der Waals surface area contributed by atoms with Crippen molar-refractivity contribution in [1.29, 1.82) is 31.6 Å². The van der Waals surface area contributed by atoms with Crippen molar-refractivity contribution in [3.63, 3.8) is 0 Å². The summed E-state index contributed by atoms with van der Waals surface area (Å²) in [4.78, 5) is 0. The lowest BCUT2D eigenvalue weighted by molar-refractivity contribution is 0.0415. The Hall–Kier alpha value is -4.24. The molecule has 0 heterocycles. The van der Waals surface area contributed by atoms with Gasteiger partial charge in [0, 0.05) is 11.8 Å². The summed E-state index contributed by atoms with van der Waals surface area (Å²) in [5.41, 5.74) is -0.527. The molecule has 8 heteroatoms. The molecule has 0 saturated heterocycles. The van der Waals surface area contributed by atoms with Crippen molar-refractivity contribution in [2.45, 2.75) is 0 Å². The number of fused-ring (bicyclic) bond motifs is 2. The van der Waals surface area contributed by atoms with Gasteiger partial charge in [-0.2, -0.15) is 31.6 Å². The number of nitrogens with zero attached hydrogens (tertiary/aromatic N) is 6. The van der Waals surface area contributed by atoms with Gasteiger partial charge in [-0.1, -0.05) is 12.2 Å².